The minimum absolute atomic E-state index is 0.0442. The Labute approximate surface area is 82.9 Å². The van der Waals surface area contributed by atoms with E-state index < -0.39 is 9.84 Å². The first kappa shape index (κ1) is 9.22. The fourth-order valence-corrected chi connectivity index (χ4v) is 3.74. The summed E-state index contributed by atoms with van der Waals surface area (Å²) >= 11 is 0. The highest BCUT2D eigenvalue weighted by Gasteiger charge is 2.31. The summed E-state index contributed by atoms with van der Waals surface area (Å²) in [6, 6.07) is 6.81. The lowest BCUT2D eigenvalue weighted by Gasteiger charge is -2.00. The number of nitrogens with zero attached hydrogens (tertiary/aromatic N) is 1. The first-order valence-corrected chi connectivity index (χ1v) is 5.96. The topological polar surface area (TPSA) is 57.9 Å². The van der Waals surface area contributed by atoms with Crippen LogP contribution in [0.3, 0.4) is 0 Å². The third-order valence-corrected chi connectivity index (χ3v) is 4.44. The average molecular weight is 207 g/mol. The SMILES string of the molecule is C[C@H]1CS(=O)(=O)c2cc(C#N)ccc21. The number of hydrogen-bond donors (Lipinski definition) is 0. The molecule has 0 amide bonds. The predicted octanol–water partition coefficient (Wildman–Crippen LogP) is 1.45. The number of rotatable bonds is 0. The second kappa shape index (κ2) is 2.82. The number of sulfone groups is 1. The summed E-state index contributed by atoms with van der Waals surface area (Å²) in [6.45, 7) is 1.88. The van der Waals surface area contributed by atoms with Gasteiger partial charge in [0.05, 0.1) is 22.3 Å². The molecule has 4 heteroatoms. The summed E-state index contributed by atoms with van der Waals surface area (Å²) < 4.78 is 23.2. The van der Waals surface area contributed by atoms with Crippen LogP contribution in [0.15, 0.2) is 23.1 Å². The van der Waals surface area contributed by atoms with Crippen LogP contribution in [-0.2, 0) is 9.84 Å². The highest BCUT2D eigenvalue weighted by molar-refractivity contribution is 7.91. The molecule has 72 valence electrons. The summed E-state index contributed by atoms with van der Waals surface area (Å²) in [5.74, 6) is 0.208. The molecule has 0 fully saturated rings. The van der Waals surface area contributed by atoms with E-state index in [-0.39, 0.29) is 11.7 Å². The fourth-order valence-electron chi connectivity index (χ4n) is 1.79. The Bertz CT molecular complexity index is 526. The zero-order valence-corrected chi connectivity index (χ0v) is 8.50. The van der Waals surface area contributed by atoms with E-state index >= 15 is 0 Å². The molecule has 0 aromatic heterocycles. The van der Waals surface area contributed by atoms with E-state index in [1.807, 2.05) is 13.0 Å². The van der Waals surface area contributed by atoms with E-state index in [0.29, 0.717) is 10.5 Å². The molecule has 3 nitrogen and oxygen atoms in total. The Morgan fingerprint density at radius 3 is 2.86 bits per heavy atom. The van der Waals surface area contributed by atoms with Gasteiger partial charge in [0, 0.05) is 0 Å². The van der Waals surface area contributed by atoms with Gasteiger partial charge in [0.25, 0.3) is 0 Å². The van der Waals surface area contributed by atoms with Crippen molar-refractivity contribution in [3.63, 3.8) is 0 Å². The average Bonchev–Trinajstić information content (AvgIpc) is 2.37. The predicted molar refractivity (Wildman–Crippen MR) is 51.6 cm³/mol. The van der Waals surface area contributed by atoms with Crippen LogP contribution in [0.25, 0.3) is 0 Å². The van der Waals surface area contributed by atoms with Crippen molar-refractivity contribution < 1.29 is 8.42 Å². The Morgan fingerprint density at radius 1 is 1.50 bits per heavy atom. The van der Waals surface area contributed by atoms with Gasteiger partial charge in [-0.1, -0.05) is 13.0 Å². The summed E-state index contributed by atoms with van der Waals surface area (Å²) in [6.07, 6.45) is 0. The summed E-state index contributed by atoms with van der Waals surface area (Å²) in [5, 5.41) is 8.66. The van der Waals surface area contributed by atoms with Crippen molar-refractivity contribution in [2.24, 2.45) is 0 Å². The van der Waals surface area contributed by atoms with Crippen LogP contribution in [0, 0.1) is 11.3 Å². The Kier molecular flexibility index (Phi) is 1.86. The van der Waals surface area contributed by atoms with E-state index in [1.165, 1.54) is 6.07 Å². The van der Waals surface area contributed by atoms with Crippen molar-refractivity contribution in [1.29, 1.82) is 5.26 Å². The van der Waals surface area contributed by atoms with Gasteiger partial charge in [-0.25, -0.2) is 8.42 Å². The van der Waals surface area contributed by atoms with Crippen molar-refractivity contribution in [3.05, 3.63) is 29.3 Å². The molecule has 0 N–H and O–H groups in total. The van der Waals surface area contributed by atoms with E-state index in [9.17, 15) is 8.42 Å². The summed E-state index contributed by atoms with van der Waals surface area (Å²) in [7, 11) is -3.14. The van der Waals surface area contributed by atoms with Crippen LogP contribution < -0.4 is 0 Å². The van der Waals surface area contributed by atoms with E-state index in [2.05, 4.69) is 0 Å². The molecule has 0 spiro atoms. The minimum Gasteiger partial charge on any atom is -0.224 e. The lowest BCUT2D eigenvalue weighted by molar-refractivity contribution is 0.598. The van der Waals surface area contributed by atoms with Crippen molar-refractivity contribution in [2.45, 2.75) is 17.7 Å². The zero-order valence-electron chi connectivity index (χ0n) is 7.69. The largest absolute Gasteiger partial charge is 0.224 e. The molecule has 1 aliphatic rings. The first-order valence-electron chi connectivity index (χ1n) is 4.31. The van der Waals surface area contributed by atoms with Gasteiger partial charge in [0.15, 0.2) is 9.84 Å². The second-order valence-electron chi connectivity index (χ2n) is 3.55. The van der Waals surface area contributed by atoms with Gasteiger partial charge >= 0.3 is 0 Å². The zero-order chi connectivity index (χ0) is 10.3. The number of benzene rings is 1. The molecule has 0 bridgehead atoms. The van der Waals surface area contributed by atoms with Gasteiger partial charge in [-0.15, -0.1) is 0 Å². The maximum absolute atomic E-state index is 11.6. The molecule has 0 saturated carbocycles. The molecule has 14 heavy (non-hydrogen) atoms. The van der Waals surface area contributed by atoms with Gasteiger partial charge in [-0.05, 0) is 23.6 Å². The third-order valence-electron chi connectivity index (χ3n) is 2.48. The minimum atomic E-state index is -3.14. The third kappa shape index (κ3) is 1.21. The van der Waals surface area contributed by atoms with Crippen molar-refractivity contribution in [3.8, 4) is 6.07 Å². The molecule has 0 unspecified atom stereocenters. The quantitative estimate of drug-likeness (QED) is 0.647. The Morgan fingerprint density at radius 2 is 2.21 bits per heavy atom. The van der Waals surface area contributed by atoms with Crippen LogP contribution in [0.1, 0.15) is 24.0 Å². The molecule has 2 rings (SSSR count). The molecule has 1 heterocycles. The van der Waals surface area contributed by atoms with Crippen LogP contribution >= 0.6 is 0 Å². The first-order chi connectivity index (χ1) is 6.54. The van der Waals surface area contributed by atoms with Gasteiger partial charge in [0.2, 0.25) is 0 Å². The van der Waals surface area contributed by atoms with Crippen LogP contribution in [-0.4, -0.2) is 14.2 Å². The maximum Gasteiger partial charge on any atom is 0.179 e. The second-order valence-corrected chi connectivity index (χ2v) is 5.55. The molecule has 1 atom stereocenters. The van der Waals surface area contributed by atoms with Crippen molar-refractivity contribution >= 4 is 9.84 Å². The molecule has 0 radical (unpaired) electrons. The van der Waals surface area contributed by atoms with E-state index in [0.717, 1.165) is 5.56 Å². The normalized spacial score (nSPS) is 22.7. The van der Waals surface area contributed by atoms with Gasteiger partial charge in [-0.3, -0.25) is 0 Å². The van der Waals surface area contributed by atoms with E-state index in [4.69, 9.17) is 5.26 Å². The van der Waals surface area contributed by atoms with Gasteiger partial charge < -0.3 is 0 Å². The van der Waals surface area contributed by atoms with Gasteiger partial charge in [-0.2, -0.15) is 5.26 Å². The summed E-state index contributed by atoms with van der Waals surface area (Å²) in [4.78, 5) is 0.337. The molecule has 1 aliphatic heterocycles. The Balaban J connectivity index is 2.73. The number of fused-ring (bicyclic) bond motifs is 1. The van der Waals surface area contributed by atoms with Crippen LogP contribution in [0.5, 0.6) is 0 Å². The molecular formula is C10H9NO2S. The Hall–Kier alpha value is -1.34. The molecule has 0 aliphatic carbocycles. The standard InChI is InChI=1S/C10H9NO2S/c1-7-6-14(12,13)10-4-8(5-11)2-3-9(7)10/h2-4,7H,6H2,1H3/t7-/m0/s1. The highest BCUT2D eigenvalue weighted by atomic mass is 32.2. The maximum atomic E-state index is 11.6. The monoisotopic (exact) mass is 207 g/mol. The van der Waals surface area contributed by atoms with Crippen molar-refractivity contribution in [2.75, 3.05) is 5.75 Å². The van der Waals surface area contributed by atoms with Crippen LogP contribution in [0.4, 0.5) is 0 Å². The van der Waals surface area contributed by atoms with Crippen molar-refractivity contribution in [1.82, 2.24) is 0 Å². The van der Waals surface area contributed by atoms with Gasteiger partial charge in [0.1, 0.15) is 0 Å². The molecule has 1 aromatic rings. The lowest BCUT2D eigenvalue weighted by Crippen LogP contribution is -2.00. The van der Waals surface area contributed by atoms with E-state index in [1.54, 1.807) is 12.1 Å². The number of nitriles is 1. The lowest BCUT2D eigenvalue weighted by atomic mass is 10.0. The number of hydrogen-bond acceptors (Lipinski definition) is 3. The molecule has 0 saturated heterocycles. The van der Waals surface area contributed by atoms with Crippen LogP contribution in [0.2, 0.25) is 0 Å². The molecule has 1 aromatic carbocycles. The summed E-state index contributed by atoms with van der Waals surface area (Å²) in [5.41, 5.74) is 1.24. The fraction of sp³-hybridized carbons (Fsp3) is 0.300. The molecular weight excluding hydrogens is 198 g/mol. The highest BCUT2D eigenvalue weighted by Crippen LogP contribution is 2.34. The smallest absolute Gasteiger partial charge is 0.179 e.